The van der Waals surface area contributed by atoms with Crippen molar-refractivity contribution in [2.75, 3.05) is 13.2 Å². The zero-order valence-electron chi connectivity index (χ0n) is 10.5. The third kappa shape index (κ3) is 6.21. The predicted octanol–water partition coefficient (Wildman–Crippen LogP) is 2.83. The lowest BCUT2D eigenvalue weighted by Crippen LogP contribution is -1.97. The normalized spacial score (nSPS) is 10.7. The zero-order valence-corrected chi connectivity index (χ0v) is 10.5. The minimum atomic E-state index is 0.274. The van der Waals surface area contributed by atoms with Crippen LogP contribution in [0.15, 0.2) is 30.3 Å². The molecular formula is C15H20O3. The molecule has 0 aliphatic rings. The van der Waals surface area contributed by atoms with Crippen LogP contribution < -0.4 is 4.74 Å². The monoisotopic (exact) mass is 248 g/mol. The summed E-state index contributed by atoms with van der Waals surface area (Å²) < 4.78 is 5.59. The number of hydrogen-bond donors (Lipinski definition) is 1. The summed E-state index contributed by atoms with van der Waals surface area (Å²) in [4.78, 5) is 10.2. The number of aldehydes is 1. The van der Waals surface area contributed by atoms with Crippen LogP contribution in [0.5, 0.6) is 5.75 Å². The first-order chi connectivity index (χ1) is 8.86. The SMILES string of the molecule is O=CC=Cc1ccc(OCCCCCCO)cc1. The molecule has 0 unspecified atom stereocenters. The number of hydrogen-bond acceptors (Lipinski definition) is 3. The number of carbonyl (C=O) groups is 1. The molecule has 0 fully saturated rings. The summed E-state index contributed by atoms with van der Waals surface area (Å²) in [6.45, 7) is 0.978. The summed E-state index contributed by atoms with van der Waals surface area (Å²) >= 11 is 0. The summed E-state index contributed by atoms with van der Waals surface area (Å²) in [5.74, 6) is 0.848. The van der Waals surface area contributed by atoms with Gasteiger partial charge in [-0.2, -0.15) is 0 Å². The van der Waals surface area contributed by atoms with E-state index in [0.29, 0.717) is 6.61 Å². The van der Waals surface area contributed by atoms with Crippen LogP contribution in [0.25, 0.3) is 6.08 Å². The second kappa shape index (κ2) is 9.42. The van der Waals surface area contributed by atoms with Crippen molar-refractivity contribution in [3.05, 3.63) is 35.9 Å². The number of carbonyl (C=O) groups excluding carboxylic acids is 1. The molecule has 0 amide bonds. The van der Waals surface area contributed by atoms with E-state index in [0.717, 1.165) is 43.3 Å². The summed E-state index contributed by atoms with van der Waals surface area (Å²) in [7, 11) is 0. The standard InChI is InChI=1S/C15H20O3/c16-11-3-1-2-4-13-18-15-9-7-14(8-10-15)6-5-12-17/h5-10,12,16H,1-4,11,13H2. The Kier molecular flexibility index (Phi) is 7.57. The summed E-state index contributed by atoms with van der Waals surface area (Å²) in [5, 5.41) is 8.63. The summed E-state index contributed by atoms with van der Waals surface area (Å²) in [5.41, 5.74) is 0.984. The Labute approximate surface area is 108 Å². The molecule has 0 spiro atoms. The van der Waals surface area contributed by atoms with Gasteiger partial charge in [-0.25, -0.2) is 0 Å². The molecule has 3 nitrogen and oxygen atoms in total. The van der Waals surface area contributed by atoms with Crippen LogP contribution >= 0.6 is 0 Å². The average molecular weight is 248 g/mol. The molecule has 98 valence electrons. The van der Waals surface area contributed by atoms with Crippen LogP contribution in [-0.4, -0.2) is 24.6 Å². The Morgan fingerprint density at radius 1 is 1.06 bits per heavy atom. The maximum absolute atomic E-state index is 10.2. The van der Waals surface area contributed by atoms with Crippen LogP contribution in [0.1, 0.15) is 31.2 Å². The van der Waals surface area contributed by atoms with E-state index >= 15 is 0 Å². The second-order valence-electron chi connectivity index (χ2n) is 4.05. The van der Waals surface area contributed by atoms with Crippen molar-refractivity contribution in [2.45, 2.75) is 25.7 Å². The lowest BCUT2D eigenvalue weighted by Gasteiger charge is -2.06. The third-order valence-electron chi connectivity index (χ3n) is 2.57. The number of benzene rings is 1. The minimum Gasteiger partial charge on any atom is -0.494 e. The fourth-order valence-corrected chi connectivity index (χ4v) is 1.58. The van der Waals surface area contributed by atoms with Gasteiger partial charge in [-0.3, -0.25) is 4.79 Å². The molecule has 0 bridgehead atoms. The smallest absolute Gasteiger partial charge is 0.142 e. The van der Waals surface area contributed by atoms with E-state index in [2.05, 4.69) is 0 Å². The molecule has 0 aromatic heterocycles. The Bertz CT molecular complexity index is 355. The summed E-state index contributed by atoms with van der Waals surface area (Å²) in [6, 6.07) is 7.64. The molecule has 0 aliphatic carbocycles. The molecule has 1 aromatic carbocycles. The van der Waals surface area contributed by atoms with Crippen molar-refractivity contribution in [1.82, 2.24) is 0 Å². The maximum atomic E-state index is 10.2. The molecule has 1 rings (SSSR count). The van der Waals surface area contributed by atoms with E-state index in [4.69, 9.17) is 9.84 Å². The maximum Gasteiger partial charge on any atom is 0.142 e. The van der Waals surface area contributed by atoms with E-state index in [1.165, 1.54) is 6.08 Å². The fraction of sp³-hybridized carbons (Fsp3) is 0.400. The van der Waals surface area contributed by atoms with Crippen molar-refractivity contribution in [1.29, 1.82) is 0 Å². The molecular weight excluding hydrogens is 228 g/mol. The molecule has 0 saturated carbocycles. The Morgan fingerprint density at radius 2 is 1.78 bits per heavy atom. The number of aliphatic hydroxyl groups is 1. The molecule has 0 atom stereocenters. The molecule has 0 aliphatic heterocycles. The van der Waals surface area contributed by atoms with Crippen LogP contribution in [0.3, 0.4) is 0 Å². The zero-order chi connectivity index (χ0) is 13.1. The van der Waals surface area contributed by atoms with Gasteiger partial charge in [0.05, 0.1) is 6.61 Å². The molecule has 3 heteroatoms. The van der Waals surface area contributed by atoms with Crippen LogP contribution in [-0.2, 0) is 4.79 Å². The van der Waals surface area contributed by atoms with E-state index in [1.807, 2.05) is 24.3 Å². The van der Waals surface area contributed by atoms with Gasteiger partial charge in [-0.05, 0) is 43.0 Å². The molecule has 18 heavy (non-hydrogen) atoms. The highest BCUT2D eigenvalue weighted by atomic mass is 16.5. The first kappa shape index (κ1) is 14.5. The summed E-state index contributed by atoms with van der Waals surface area (Å²) in [6.07, 6.45) is 8.00. The number of unbranched alkanes of at least 4 members (excludes halogenated alkanes) is 3. The predicted molar refractivity (Wildman–Crippen MR) is 72.6 cm³/mol. The first-order valence-electron chi connectivity index (χ1n) is 6.32. The molecule has 1 N–H and O–H groups in total. The van der Waals surface area contributed by atoms with Gasteiger partial charge in [0.1, 0.15) is 12.0 Å². The van der Waals surface area contributed by atoms with Crippen molar-refractivity contribution in [3.63, 3.8) is 0 Å². The Balaban J connectivity index is 2.22. The van der Waals surface area contributed by atoms with E-state index < -0.39 is 0 Å². The Morgan fingerprint density at radius 3 is 2.44 bits per heavy atom. The van der Waals surface area contributed by atoms with Gasteiger partial charge in [-0.15, -0.1) is 0 Å². The van der Waals surface area contributed by atoms with Gasteiger partial charge in [-0.1, -0.05) is 24.6 Å². The van der Waals surface area contributed by atoms with E-state index in [-0.39, 0.29) is 6.61 Å². The van der Waals surface area contributed by atoms with Gasteiger partial charge in [0.15, 0.2) is 0 Å². The number of aliphatic hydroxyl groups excluding tert-OH is 1. The van der Waals surface area contributed by atoms with E-state index in [9.17, 15) is 4.79 Å². The van der Waals surface area contributed by atoms with Crippen molar-refractivity contribution in [3.8, 4) is 5.75 Å². The van der Waals surface area contributed by atoms with Crippen molar-refractivity contribution < 1.29 is 14.6 Å². The Hall–Kier alpha value is -1.61. The van der Waals surface area contributed by atoms with Gasteiger partial charge < -0.3 is 9.84 Å². The van der Waals surface area contributed by atoms with Crippen LogP contribution in [0, 0.1) is 0 Å². The lowest BCUT2D eigenvalue weighted by molar-refractivity contribution is -0.104. The number of rotatable bonds is 9. The second-order valence-corrected chi connectivity index (χ2v) is 4.05. The third-order valence-corrected chi connectivity index (χ3v) is 2.57. The van der Waals surface area contributed by atoms with E-state index in [1.54, 1.807) is 6.08 Å². The quantitative estimate of drug-likeness (QED) is 0.415. The van der Waals surface area contributed by atoms with Crippen molar-refractivity contribution in [2.24, 2.45) is 0 Å². The first-order valence-corrected chi connectivity index (χ1v) is 6.32. The van der Waals surface area contributed by atoms with Crippen LogP contribution in [0.2, 0.25) is 0 Å². The molecule has 1 aromatic rings. The molecule has 0 saturated heterocycles. The number of ether oxygens (including phenoxy) is 1. The van der Waals surface area contributed by atoms with Gasteiger partial charge in [0.2, 0.25) is 0 Å². The van der Waals surface area contributed by atoms with Gasteiger partial charge in [0, 0.05) is 6.61 Å². The molecule has 0 radical (unpaired) electrons. The highest BCUT2D eigenvalue weighted by Gasteiger charge is 1.94. The lowest BCUT2D eigenvalue weighted by atomic mass is 10.2. The average Bonchev–Trinajstić information content (AvgIpc) is 2.42. The van der Waals surface area contributed by atoms with Crippen LogP contribution in [0.4, 0.5) is 0 Å². The largest absolute Gasteiger partial charge is 0.494 e. The van der Waals surface area contributed by atoms with Gasteiger partial charge >= 0.3 is 0 Å². The highest BCUT2D eigenvalue weighted by molar-refractivity contribution is 5.73. The highest BCUT2D eigenvalue weighted by Crippen LogP contribution is 2.13. The topological polar surface area (TPSA) is 46.5 Å². The molecule has 0 heterocycles. The fourth-order valence-electron chi connectivity index (χ4n) is 1.58. The minimum absolute atomic E-state index is 0.274. The van der Waals surface area contributed by atoms with Crippen molar-refractivity contribution >= 4 is 12.4 Å². The van der Waals surface area contributed by atoms with Gasteiger partial charge in [0.25, 0.3) is 0 Å². The number of allylic oxidation sites excluding steroid dienone is 1.